The van der Waals surface area contributed by atoms with Crippen LogP contribution in [0.1, 0.15) is 18.6 Å². The van der Waals surface area contributed by atoms with Crippen LogP contribution in [0.2, 0.25) is 0 Å². The van der Waals surface area contributed by atoms with Crippen molar-refractivity contribution in [2.24, 2.45) is 0 Å². The number of amides is 2. The maximum Gasteiger partial charge on any atom is 0.245 e. The van der Waals surface area contributed by atoms with E-state index in [1.54, 1.807) is 17.9 Å². The Morgan fingerprint density at radius 2 is 2.08 bits per heavy atom. The van der Waals surface area contributed by atoms with Gasteiger partial charge in [-0.15, -0.1) is 11.8 Å². The number of benzene rings is 1. The van der Waals surface area contributed by atoms with E-state index < -0.39 is 0 Å². The van der Waals surface area contributed by atoms with E-state index in [0.29, 0.717) is 17.3 Å². The molecule has 0 aliphatic heterocycles. The van der Waals surface area contributed by atoms with Crippen molar-refractivity contribution in [3.8, 4) is 0 Å². The van der Waals surface area contributed by atoms with Crippen LogP contribution in [-0.4, -0.2) is 40.2 Å². The van der Waals surface area contributed by atoms with E-state index in [4.69, 9.17) is 4.52 Å². The summed E-state index contributed by atoms with van der Waals surface area (Å²) in [4.78, 5) is 27.3. The number of aromatic nitrogens is 1. The first-order valence-corrected chi connectivity index (χ1v) is 8.81. The van der Waals surface area contributed by atoms with Gasteiger partial charge in [0.25, 0.3) is 0 Å². The molecule has 24 heavy (non-hydrogen) atoms. The number of anilines is 1. The van der Waals surface area contributed by atoms with Crippen LogP contribution in [0.25, 0.3) is 0 Å². The minimum Gasteiger partial charge on any atom is -0.360 e. The molecule has 6 nitrogen and oxygen atoms in total. The number of hydrogen-bond acceptors (Lipinski definition) is 5. The molecule has 2 aromatic rings. The van der Waals surface area contributed by atoms with Gasteiger partial charge < -0.3 is 14.7 Å². The fourth-order valence-corrected chi connectivity index (χ4v) is 3.12. The minimum absolute atomic E-state index is 0.0159. The lowest BCUT2D eigenvalue weighted by molar-refractivity contribution is -0.132. The molecule has 0 spiro atoms. The van der Waals surface area contributed by atoms with Crippen molar-refractivity contribution >= 4 is 29.4 Å². The molecular weight excluding hydrogens is 326 g/mol. The van der Waals surface area contributed by atoms with Gasteiger partial charge in [0.1, 0.15) is 12.3 Å². The van der Waals surface area contributed by atoms with E-state index in [2.05, 4.69) is 10.5 Å². The highest BCUT2D eigenvalue weighted by Crippen LogP contribution is 2.28. The highest BCUT2D eigenvalue weighted by molar-refractivity contribution is 8.00. The molecule has 7 heteroatoms. The number of thioether (sulfide) groups is 1. The van der Waals surface area contributed by atoms with Crippen molar-refractivity contribution in [1.29, 1.82) is 0 Å². The Balaban J connectivity index is 1.54. The van der Waals surface area contributed by atoms with Crippen molar-refractivity contribution in [3.05, 3.63) is 42.2 Å². The number of nitrogens with one attached hydrogen (secondary N) is 1. The number of rotatable bonds is 7. The van der Waals surface area contributed by atoms with Crippen LogP contribution in [0.4, 0.5) is 5.82 Å². The van der Waals surface area contributed by atoms with Gasteiger partial charge >= 0.3 is 0 Å². The van der Waals surface area contributed by atoms with Crippen LogP contribution in [-0.2, 0) is 9.59 Å². The number of carbonyl (C=O) groups excluding carboxylic acids is 2. The van der Waals surface area contributed by atoms with Gasteiger partial charge in [-0.3, -0.25) is 9.59 Å². The number of aryl methyl sites for hydroxylation is 1. The fraction of sp³-hybridized carbons (Fsp3) is 0.353. The summed E-state index contributed by atoms with van der Waals surface area (Å²) in [5.74, 6) is 1.06. The molecule has 0 radical (unpaired) electrons. The van der Waals surface area contributed by atoms with Crippen molar-refractivity contribution in [1.82, 2.24) is 10.1 Å². The topological polar surface area (TPSA) is 75.4 Å². The molecule has 126 valence electrons. The van der Waals surface area contributed by atoms with Gasteiger partial charge in [-0.1, -0.05) is 23.4 Å². The third-order valence-electron chi connectivity index (χ3n) is 3.62. The lowest BCUT2D eigenvalue weighted by Crippen LogP contribution is -2.40. The normalized spacial score (nSPS) is 13.5. The Morgan fingerprint density at radius 1 is 1.33 bits per heavy atom. The second kappa shape index (κ2) is 7.53. The molecule has 1 saturated carbocycles. The van der Waals surface area contributed by atoms with Gasteiger partial charge in [-0.05, 0) is 31.9 Å². The van der Waals surface area contributed by atoms with Crippen molar-refractivity contribution in [3.63, 3.8) is 0 Å². The molecule has 0 atom stereocenters. The largest absolute Gasteiger partial charge is 0.360 e. The zero-order chi connectivity index (χ0) is 16.9. The average molecular weight is 345 g/mol. The van der Waals surface area contributed by atoms with Gasteiger partial charge in [0.2, 0.25) is 11.8 Å². The van der Waals surface area contributed by atoms with Gasteiger partial charge in [0, 0.05) is 17.0 Å². The van der Waals surface area contributed by atoms with Crippen LogP contribution in [0.3, 0.4) is 0 Å². The van der Waals surface area contributed by atoms with E-state index >= 15 is 0 Å². The quantitative estimate of drug-likeness (QED) is 0.781. The number of hydrogen-bond donors (Lipinski definition) is 1. The number of carbonyl (C=O) groups is 2. The van der Waals surface area contributed by atoms with E-state index in [1.807, 2.05) is 30.3 Å². The smallest absolute Gasteiger partial charge is 0.245 e. The monoisotopic (exact) mass is 345 g/mol. The van der Waals surface area contributed by atoms with Crippen LogP contribution < -0.4 is 5.32 Å². The SMILES string of the molecule is Cc1cc(NC(=O)CN(C(=O)CSc2ccccc2)C2CC2)no1. The molecule has 1 aliphatic rings. The van der Waals surface area contributed by atoms with Gasteiger partial charge in [-0.25, -0.2) is 0 Å². The molecule has 1 fully saturated rings. The Kier molecular flexibility index (Phi) is 5.20. The third-order valence-corrected chi connectivity index (χ3v) is 4.62. The summed E-state index contributed by atoms with van der Waals surface area (Å²) < 4.78 is 4.92. The van der Waals surface area contributed by atoms with Crippen LogP contribution >= 0.6 is 11.8 Å². The molecule has 2 amide bonds. The lowest BCUT2D eigenvalue weighted by Gasteiger charge is -2.21. The predicted octanol–water partition coefficient (Wildman–Crippen LogP) is 2.70. The average Bonchev–Trinajstić information content (AvgIpc) is 3.34. The first-order valence-electron chi connectivity index (χ1n) is 7.82. The summed E-state index contributed by atoms with van der Waals surface area (Å²) in [6.45, 7) is 1.80. The Morgan fingerprint density at radius 3 is 2.71 bits per heavy atom. The van der Waals surface area contributed by atoms with Gasteiger partial charge in [0.05, 0.1) is 5.75 Å². The second-order valence-electron chi connectivity index (χ2n) is 5.73. The standard InChI is InChI=1S/C17H19N3O3S/c1-12-9-15(19-23-12)18-16(21)10-20(13-7-8-13)17(22)11-24-14-5-3-2-4-6-14/h2-6,9,13H,7-8,10-11H2,1H3,(H,18,19,21). The highest BCUT2D eigenvalue weighted by atomic mass is 32.2. The zero-order valence-corrected chi connectivity index (χ0v) is 14.2. The van der Waals surface area contributed by atoms with Crippen LogP contribution in [0.15, 0.2) is 45.8 Å². The first kappa shape index (κ1) is 16.6. The van der Waals surface area contributed by atoms with Crippen molar-refractivity contribution in [2.75, 3.05) is 17.6 Å². The maximum atomic E-state index is 12.5. The van der Waals surface area contributed by atoms with E-state index in [0.717, 1.165) is 17.7 Å². The fourth-order valence-electron chi connectivity index (χ4n) is 2.31. The summed E-state index contributed by atoms with van der Waals surface area (Å²) in [7, 11) is 0. The van der Waals surface area contributed by atoms with Gasteiger partial charge in [-0.2, -0.15) is 0 Å². The van der Waals surface area contributed by atoms with Gasteiger partial charge in [0.15, 0.2) is 5.82 Å². The van der Waals surface area contributed by atoms with Crippen molar-refractivity contribution in [2.45, 2.75) is 30.7 Å². The molecule has 0 bridgehead atoms. The molecule has 1 aromatic carbocycles. The molecular formula is C17H19N3O3S. The summed E-state index contributed by atoms with van der Waals surface area (Å²) in [6, 6.07) is 11.6. The van der Waals surface area contributed by atoms with Crippen LogP contribution in [0, 0.1) is 6.92 Å². The highest BCUT2D eigenvalue weighted by Gasteiger charge is 2.33. The van der Waals surface area contributed by atoms with Crippen molar-refractivity contribution < 1.29 is 14.1 Å². The minimum atomic E-state index is -0.256. The Labute approximate surface area is 144 Å². The summed E-state index contributed by atoms with van der Waals surface area (Å²) in [6.07, 6.45) is 1.91. The lowest BCUT2D eigenvalue weighted by atomic mass is 10.4. The van der Waals surface area contributed by atoms with Crippen LogP contribution in [0.5, 0.6) is 0 Å². The Bertz CT molecular complexity index is 713. The Hall–Kier alpha value is -2.28. The summed E-state index contributed by atoms with van der Waals surface area (Å²) in [5, 5.41) is 6.39. The molecule has 0 unspecified atom stereocenters. The molecule has 1 aliphatic carbocycles. The number of nitrogens with zero attached hydrogens (tertiary/aromatic N) is 2. The third kappa shape index (κ3) is 4.61. The molecule has 0 saturated heterocycles. The summed E-state index contributed by atoms with van der Waals surface area (Å²) in [5.41, 5.74) is 0. The second-order valence-corrected chi connectivity index (χ2v) is 6.77. The summed E-state index contributed by atoms with van der Waals surface area (Å²) >= 11 is 1.49. The zero-order valence-electron chi connectivity index (χ0n) is 13.4. The predicted molar refractivity (Wildman–Crippen MR) is 91.8 cm³/mol. The van der Waals surface area contributed by atoms with E-state index in [9.17, 15) is 9.59 Å². The molecule has 1 heterocycles. The maximum absolute atomic E-state index is 12.5. The van der Waals surface area contributed by atoms with E-state index in [-0.39, 0.29) is 24.4 Å². The van der Waals surface area contributed by atoms with E-state index in [1.165, 1.54) is 11.8 Å². The molecule has 3 rings (SSSR count). The molecule has 1 aromatic heterocycles. The molecule has 1 N–H and O–H groups in total. The first-order chi connectivity index (χ1) is 11.6.